The lowest BCUT2D eigenvalue weighted by Crippen LogP contribution is -2.10. The van der Waals surface area contributed by atoms with Crippen molar-refractivity contribution in [1.82, 2.24) is 0 Å². The SMILES string of the molecule is CCC(N)c1cccc(Oc2ccc(C(C)(C)C)cc2)c1. The third kappa shape index (κ3) is 4.08. The molecule has 1 unspecified atom stereocenters. The summed E-state index contributed by atoms with van der Waals surface area (Å²) in [4.78, 5) is 0. The molecule has 0 saturated carbocycles. The average molecular weight is 283 g/mol. The third-order valence-corrected chi connectivity index (χ3v) is 3.68. The van der Waals surface area contributed by atoms with Gasteiger partial charge >= 0.3 is 0 Å². The van der Waals surface area contributed by atoms with Gasteiger partial charge in [0.25, 0.3) is 0 Å². The molecule has 0 fully saturated rings. The number of hydrogen-bond donors (Lipinski definition) is 1. The van der Waals surface area contributed by atoms with Crippen molar-refractivity contribution >= 4 is 0 Å². The fourth-order valence-electron chi connectivity index (χ4n) is 2.20. The van der Waals surface area contributed by atoms with Crippen molar-refractivity contribution in [2.24, 2.45) is 5.73 Å². The van der Waals surface area contributed by atoms with Gasteiger partial charge in [0.15, 0.2) is 0 Å². The van der Waals surface area contributed by atoms with Crippen LogP contribution in [-0.2, 0) is 5.41 Å². The molecule has 2 nitrogen and oxygen atoms in total. The van der Waals surface area contributed by atoms with Crippen LogP contribution in [0.15, 0.2) is 48.5 Å². The van der Waals surface area contributed by atoms with Gasteiger partial charge in [0.1, 0.15) is 11.5 Å². The third-order valence-electron chi connectivity index (χ3n) is 3.68. The Morgan fingerprint density at radius 3 is 2.24 bits per heavy atom. The molecule has 0 aromatic heterocycles. The second-order valence-electron chi connectivity index (χ2n) is 6.46. The molecule has 2 aromatic rings. The van der Waals surface area contributed by atoms with Crippen LogP contribution in [0, 0.1) is 0 Å². The Balaban J connectivity index is 2.15. The first-order valence-electron chi connectivity index (χ1n) is 7.54. The van der Waals surface area contributed by atoms with Crippen LogP contribution < -0.4 is 10.5 Å². The smallest absolute Gasteiger partial charge is 0.127 e. The van der Waals surface area contributed by atoms with Gasteiger partial charge in [-0.05, 0) is 47.2 Å². The predicted octanol–water partition coefficient (Wildman–Crippen LogP) is 5.19. The lowest BCUT2D eigenvalue weighted by Gasteiger charge is -2.19. The van der Waals surface area contributed by atoms with Gasteiger partial charge in [0, 0.05) is 6.04 Å². The van der Waals surface area contributed by atoms with Crippen LogP contribution in [-0.4, -0.2) is 0 Å². The highest BCUT2D eigenvalue weighted by atomic mass is 16.5. The Morgan fingerprint density at radius 1 is 1.00 bits per heavy atom. The highest BCUT2D eigenvalue weighted by molar-refractivity contribution is 5.37. The number of nitrogens with two attached hydrogens (primary N) is 1. The van der Waals surface area contributed by atoms with Crippen LogP contribution >= 0.6 is 0 Å². The van der Waals surface area contributed by atoms with Crippen LogP contribution in [0.3, 0.4) is 0 Å². The van der Waals surface area contributed by atoms with Gasteiger partial charge < -0.3 is 10.5 Å². The number of ether oxygens (including phenoxy) is 1. The number of rotatable bonds is 4. The Labute approximate surface area is 127 Å². The molecule has 2 aromatic carbocycles. The zero-order valence-electron chi connectivity index (χ0n) is 13.4. The Hall–Kier alpha value is -1.80. The molecule has 0 aliphatic carbocycles. The second-order valence-corrected chi connectivity index (χ2v) is 6.46. The Kier molecular flexibility index (Phi) is 4.69. The maximum atomic E-state index is 6.07. The van der Waals surface area contributed by atoms with Crippen molar-refractivity contribution in [2.45, 2.75) is 45.6 Å². The Bertz CT molecular complexity index is 581. The minimum absolute atomic E-state index is 0.0665. The monoisotopic (exact) mass is 283 g/mol. The summed E-state index contributed by atoms with van der Waals surface area (Å²) in [5, 5.41) is 0. The molecule has 21 heavy (non-hydrogen) atoms. The van der Waals surface area contributed by atoms with Crippen molar-refractivity contribution in [3.8, 4) is 11.5 Å². The van der Waals surface area contributed by atoms with Crippen molar-refractivity contribution in [2.75, 3.05) is 0 Å². The first-order chi connectivity index (χ1) is 9.90. The van der Waals surface area contributed by atoms with Crippen LogP contribution in [0.1, 0.15) is 51.3 Å². The molecule has 112 valence electrons. The van der Waals surface area contributed by atoms with Crippen LogP contribution in [0.5, 0.6) is 11.5 Å². The molecule has 0 aliphatic rings. The molecule has 0 heterocycles. The van der Waals surface area contributed by atoms with E-state index in [0.29, 0.717) is 0 Å². The fourth-order valence-corrected chi connectivity index (χ4v) is 2.20. The van der Waals surface area contributed by atoms with Crippen LogP contribution in [0.2, 0.25) is 0 Å². The molecule has 2 heteroatoms. The molecule has 0 aliphatic heterocycles. The van der Waals surface area contributed by atoms with Crippen molar-refractivity contribution < 1.29 is 4.74 Å². The summed E-state index contributed by atoms with van der Waals surface area (Å²) in [6, 6.07) is 16.4. The maximum absolute atomic E-state index is 6.07. The average Bonchev–Trinajstić information content (AvgIpc) is 2.46. The molecule has 0 radical (unpaired) electrons. The summed E-state index contributed by atoms with van der Waals surface area (Å²) in [6.07, 6.45) is 0.920. The minimum atomic E-state index is 0.0665. The summed E-state index contributed by atoms with van der Waals surface area (Å²) >= 11 is 0. The van der Waals surface area contributed by atoms with Gasteiger partial charge in [-0.2, -0.15) is 0 Å². The summed E-state index contributed by atoms with van der Waals surface area (Å²) in [6.45, 7) is 8.71. The zero-order valence-corrected chi connectivity index (χ0v) is 13.4. The second kappa shape index (κ2) is 6.31. The predicted molar refractivity (Wildman–Crippen MR) is 88.9 cm³/mol. The van der Waals surface area contributed by atoms with E-state index in [1.165, 1.54) is 5.56 Å². The van der Waals surface area contributed by atoms with Gasteiger partial charge in [0.05, 0.1) is 0 Å². The van der Waals surface area contributed by atoms with Gasteiger partial charge in [-0.25, -0.2) is 0 Å². The fraction of sp³-hybridized carbons (Fsp3) is 0.368. The van der Waals surface area contributed by atoms with Crippen LogP contribution in [0.4, 0.5) is 0 Å². The molecule has 1 atom stereocenters. The van der Waals surface area contributed by atoms with Crippen LogP contribution in [0.25, 0.3) is 0 Å². The quantitative estimate of drug-likeness (QED) is 0.838. The minimum Gasteiger partial charge on any atom is -0.457 e. The highest BCUT2D eigenvalue weighted by Crippen LogP contribution is 2.28. The number of hydrogen-bond acceptors (Lipinski definition) is 2. The molecule has 0 bridgehead atoms. The number of benzene rings is 2. The van der Waals surface area contributed by atoms with Gasteiger partial charge in [-0.1, -0.05) is 52.0 Å². The summed E-state index contributed by atoms with van der Waals surface area (Å²) in [7, 11) is 0. The van der Waals surface area contributed by atoms with Crippen molar-refractivity contribution in [3.63, 3.8) is 0 Å². The van der Waals surface area contributed by atoms with Gasteiger partial charge in [-0.15, -0.1) is 0 Å². The van der Waals surface area contributed by atoms with E-state index in [9.17, 15) is 0 Å². The van der Waals surface area contributed by atoms with E-state index >= 15 is 0 Å². The van der Waals surface area contributed by atoms with Crippen molar-refractivity contribution in [1.29, 1.82) is 0 Å². The van der Waals surface area contributed by atoms with E-state index in [0.717, 1.165) is 23.5 Å². The van der Waals surface area contributed by atoms with E-state index < -0.39 is 0 Å². The summed E-state index contributed by atoms with van der Waals surface area (Å²) in [5.41, 5.74) is 8.64. The van der Waals surface area contributed by atoms with Gasteiger partial charge in [0.2, 0.25) is 0 Å². The van der Waals surface area contributed by atoms with Crippen molar-refractivity contribution in [3.05, 3.63) is 59.7 Å². The van der Waals surface area contributed by atoms with Gasteiger partial charge in [-0.3, -0.25) is 0 Å². The normalized spacial score (nSPS) is 13.0. The maximum Gasteiger partial charge on any atom is 0.127 e. The van der Waals surface area contributed by atoms with E-state index in [4.69, 9.17) is 10.5 Å². The van der Waals surface area contributed by atoms with E-state index in [-0.39, 0.29) is 11.5 Å². The molecule has 0 amide bonds. The topological polar surface area (TPSA) is 35.2 Å². The summed E-state index contributed by atoms with van der Waals surface area (Å²) in [5.74, 6) is 1.69. The molecule has 2 N–H and O–H groups in total. The summed E-state index contributed by atoms with van der Waals surface area (Å²) < 4.78 is 5.93. The molecule has 2 rings (SSSR count). The molecule has 0 spiro atoms. The lowest BCUT2D eigenvalue weighted by molar-refractivity contribution is 0.479. The Morgan fingerprint density at radius 2 is 1.67 bits per heavy atom. The molecule has 0 saturated heterocycles. The van der Waals surface area contributed by atoms with E-state index in [1.807, 2.05) is 36.4 Å². The largest absolute Gasteiger partial charge is 0.457 e. The first-order valence-corrected chi connectivity index (χ1v) is 7.54. The first kappa shape index (κ1) is 15.6. The highest BCUT2D eigenvalue weighted by Gasteiger charge is 2.13. The lowest BCUT2D eigenvalue weighted by atomic mass is 9.87. The zero-order chi connectivity index (χ0) is 15.5. The molecular weight excluding hydrogens is 258 g/mol. The molecular formula is C19H25NO. The van der Waals surface area contributed by atoms with E-state index in [1.54, 1.807) is 0 Å². The standard InChI is InChI=1S/C19H25NO/c1-5-18(20)14-7-6-8-17(13-14)21-16-11-9-15(10-12-16)19(2,3)4/h6-13,18H,5,20H2,1-4H3. The van der Waals surface area contributed by atoms with E-state index in [2.05, 4.69) is 39.8 Å².